The second-order valence-corrected chi connectivity index (χ2v) is 3.86. The molecule has 0 heterocycles. The second kappa shape index (κ2) is 6.70. The first-order valence-corrected chi connectivity index (χ1v) is 5.67. The Morgan fingerprint density at radius 1 is 1.40 bits per heavy atom. The fourth-order valence-corrected chi connectivity index (χ4v) is 1.53. The number of halogens is 1. The topological polar surface area (TPSA) is 29.5 Å². The average molecular weight is 229 g/mol. The predicted molar refractivity (Wildman–Crippen MR) is 62.6 cm³/mol. The van der Waals surface area contributed by atoms with Crippen molar-refractivity contribution in [1.29, 1.82) is 0 Å². The van der Waals surface area contributed by atoms with E-state index in [-0.39, 0.29) is 6.61 Å². The van der Waals surface area contributed by atoms with Crippen molar-refractivity contribution in [2.45, 2.75) is 26.2 Å². The number of ether oxygens (including phenoxy) is 1. The minimum absolute atomic E-state index is 0.116. The molecule has 0 atom stereocenters. The molecule has 3 heteroatoms. The fraction of sp³-hybridized carbons (Fsp3) is 0.500. The number of aliphatic hydroxyl groups is 1. The number of rotatable bonds is 6. The Kier molecular flexibility index (Phi) is 5.51. The van der Waals surface area contributed by atoms with E-state index in [4.69, 9.17) is 21.4 Å². The number of hydrogen-bond acceptors (Lipinski definition) is 2. The molecule has 84 valence electrons. The summed E-state index contributed by atoms with van der Waals surface area (Å²) < 4.78 is 5.62. The van der Waals surface area contributed by atoms with Gasteiger partial charge < -0.3 is 9.84 Å². The minimum Gasteiger partial charge on any atom is -0.493 e. The van der Waals surface area contributed by atoms with Crippen molar-refractivity contribution in [2.75, 3.05) is 13.2 Å². The van der Waals surface area contributed by atoms with Crippen molar-refractivity contribution in [2.24, 2.45) is 0 Å². The lowest BCUT2D eigenvalue weighted by molar-refractivity contribution is 0.286. The van der Waals surface area contributed by atoms with Gasteiger partial charge in [0, 0.05) is 11.6 Å². The maximum atomic E-state index is 8.91. The number of aliphatic hydroxyl groups excluding tert-OH is 1. The van der Waals surface area contributed by atoms with Crippen LogP contribution in [0.2, 0.25) is 5.02 Å². The molecule has 1 aromatic rings. The van der Waals surface area contributed by atoms with Crippen LogP contribution in [0, 0.1) is 0 Å². The van der Waals surface area contributed by atoms with E-state index in [0.717, 1.165) is 30.8 Å². The molecule has 0 fully saturated rings. The Hall–Kier alpha value is -0.730. The molecule has 1 aromatic carbocycles. The Morgan fingerprint density at radius 2 is 2.20 bits per heavy atom. The molecule has 0 unspecified atom stereocenters. The summed E-state index contributed by atoms with van der Waals surface area (Å²) >= 11 is 5.88. The van der Waals surface area contributed by atoms with E-state index in [2.05, 4.69) is 6.92 Å². The van der Waals surface area contributed by atoms with Gasteiger partial charge in [0.2, 0.25) is 0 Å². The first kappa shape index (κ1) is 12.3. The maximum absolute atomic E-state index is 8.91. The summed E-state index contributed by atoms with van der Waals surface area (Å²) in [5, 5.41) is 9.59. The standard InChI is InChI=1S/C12H17ClO2/c1-2-3-8-15-12-5-4-11(13)9-10(12)6-7-14/h4-5,9,14H,2-3,6-8H2,1H3. The van der Waals surface area contributed by atoms with Crippen LogP contribution in [-0.4, -0.2) is 18.3 Å². The van der Waals surface area contributed by atoms with E-state index >= 15 is 0 Å². The Morgan fingerprint density at radius 3 is 2.87 bits per heavy atom. The van der Waals surface area contributed by atoms with E-state index in [1.165, 1.54) is 0 Å². The van der Waals surface area contributed by atoms with Crippen LogP contribution in [0.4, 0.5) is 0 Å². The lowest BCUT2D eigenvalue weighted by Crippen LogP contribution is -2.01. The van der Waals surface area contributed by atoms with Crippen LogP contribution in [0.25, 0.3) is 0 Å². The molecule has 0 aliphatic carbocycles. The van der Waals surface area contributed by atoms with Gasteiger partial charge in [-0.25, -0.2) is 0 Å². The molecule has 0 aliphatic heterocycles. The highest BCUT2D eigenvalue weighted by molar-refractivity contribution is 6.30. The molecule has 2 nitrogen and oxygen atoms in total. The first-order valence-electron chi connectivity index (χ1n) is 5.30. The van der Waals surface area contributed by atoms with Crippen LogP contribution in [0.3, 0.4) is 0 Å². The minimum atomic E-state index is 0.116. The molecule has 0 aliphatic rings. The van der Waals surface area contributed by atoms with Crippen molar-refractivity contribution in [3.05, 3.63) is 28.8 Å². The van der Waals surface area contributed by atoms with Crippen molar-refractivity contribution in [3.8, 4) is 5.75 Å². The summed E-state index contributed by atoms with van der Waals surface area (Å²) in [5.74, 6) is 0.835. The molecule has 0 aromatic heterocycles. The van der Waals surface area contributed by atoms with Crippen molar-refractivity contribution >= 4 is 11.6 Å². The molecule has 1 N–H and O–H groups in total. The molecule has 1 rings (SSSR count). The summed E-state index contributed by atoms with van der Waals surface area (Å²) in [6.07, 6.45) is 2.74. The summed E-state index contributed by atoms with van der Waals surface area (Å²) in [6, 6.07) is 5.52. The van der Waals surface area contributed by atoms with Gasteiger partial charge in [0.05, 0.1) is 6.61 Å². The van der Waals surface area contributed by atoms with Gasteiger partial charge in [-0.3, -0.25) is 0 Å². The van der Waals surface area contributed by atoms with E-state index in [1.807, 2.05) is 18.2 Å². The monoisotopic (exact) mass is 228 g/mol. The van der Waals surface area contributed by atoms with Gasteiger partial charge in [0.25, 0.3) is 0 Å². The molecule has 0 bridgehead atoms. The van der Waals surface area contributed by atoms with Crippen molar-refractivity contribution < 1.29 is 9.84 Å². The lowest BCUT2D eigenvalue weighted by Gasteiger charge is -2.10. The Bertz CT molecular complexity index is 300. The van der Waals surface area contributed by atoms with Crippen LogP contribution in [-0.2, 0) is 6.42 Å². The normalized spacial score (nSPS) is 10.3. The smallest absolute Gasteiger partial charge is 0.122 e. The summed E-state index contributed by atoms with van der Waals surface area (Å²) in [5.41, 5.74) is 0.973. The van der Waals surface area contributed by atoms with Gasteiger partial charge in [-0.1, -0.05) is 24.9 Å². The highest BCUT2D eigenvalue weighted by Gasteiger charge is 2.03. The van der Waals surface area contributed by atoms with E-state index in [1.54, 1.807) is 0 Å². The number of unbranched alkanes of at least 4 members (excludes halogenated alkanes) is 1. The molecular formula is C12H17ClO2. The van der Waals surface area contributed by atoms with Crippen LogP contribution in [0.15, 0.2) is 18.2 Å². The van der Waals surface area contributed by atoms with Gasteiger partial charge >= 0.3 is 0 Å². The fourth-order valence-electron chi connectivity index (χ4n) is 1.33. The lowest BCUT2D eigenvalue weighted by atomic mass is 10.1. The molecular weight excluding hydrogens is 212 g/mol. The van der Waals surface area contributed by atoms with Crippen LogP contribution < -0.4 is 4.74 Å². The third-order valence-electron chi connectivity index (χ3n) is 2.16. The SMILES string of the molecule is CCCCOc1ccc(Cl)cc1CCO. The summed E-state index contributed by atoms with van der Waals surface area (Å²) in [7, 11) is 0. The molecule has 0 saturated heterocycles. The zero-order chi connectivity index (χ0) is 11.1. The first-order chi connectivity index (χ1) is 7.27. The quantitative estimate of drug-likeness (QED) is 0.759. The second-order valence-electron chi connectivity index (χ2n) is 3.43. The highest BCUT2D eigenvalue weighted by atomic mass is 35.5. The highest BCUT2D eigenvalue weighted by Crippen LogP contribution is 2.23. The zero-order valence-electron chi connectivity index (χ0n) is 9.00. The van der Waals surface area contributed by atoms with Gasteiger partial charge in [0.1, 0.15) is 5.75 Å². The van der Waals surface area contributed by atoms with Crippen LogP contribution in [0.5, 0.6) is 5.75 Å². The van der Waals surface area contributed by atoms with Crippen molar-refractivity contribution in [3.63, 3.8) is 0 Å². The largest absolute Gasteiger partial charge is 0.493 e. The third-order valence-corrected chi connectivity index (χ3v) is 2.39. The molecule has 0 saturated carbocycles. The molecule has 0 amide bonds. The molecule has 0 spiro atoms. The third kappa shape index (κ3) is 4.10. The summed E-state index contributed by atoms with van der Waals surface area (Å²) in [4.78, 5) is 0. The van der Waals surface area contributed by atoms with Crippen LogP contribution in [0.1, 0.15) is 25.3 Å². The Balaban J connectivity index is 2.67. The maximum Gasteiger partial charge on any atom is 0.122 e. The van der Waals surface area contributed by atoms with E-state index in [0.29, 0.717) is 11.4 Å². The van der Waals surface area contributed by atoms with Gasteiger partial charge in [-0.15, -0.1) is 0 Å². The predicted octanol–water partition coefficient (Wildman–Crippen LogP) is 3.05. The van der Waals surface area contributed by atoms with E-state index in [9.17, 15) is 0 Å². The molecule has 0 radical (unpaired) electrons. The zero-order valence-corrected chi connectivity index (χ0v) is 9.76. The Labute approximate surface area is 95.8 Å². The van der Waals surface area contributed by atoms with Crippen molar-refractivity contribution in [1.82, 2.24) is 0 Å². The average Bonchev–Trinajstić information content (AvgIpc) is 2.22. The van der Waals surface area contributed by atoms with E-state index < -0.39 is 0 Å². The summed E-state index contributed by atoms with van der Waals surface area (Å²) in [6.45, 7) is 2.96. The van der Waals surface area contributed by atoms with Gasteiger partial charge in [0.15, 0.2) is 0 Å². The molecule has 15 heavy (non-hydrogen) atoms. The van der Waals surface area contributed by atoms with Gasteiger partial charge in [-0.2, -0.15) is 0 Å². The van der Waals surface area contributed by atoms with Gasteiger partial charge in [-0.05, 0) is 36.6 Å². The number of benzene rings is 1. The number of hydrogen-bond donors (Lipinski definition) is 1. The van der Waals surface area contributed by atoms with Crippen LogP contribution >= 0.6 is 11.6 Å².